The molecule has 0 aromatic heterocycles. The van der Waals surface area contributed by atoms with Gasteiger partial charge in [-0.15, -0.1) is 17.5 Å². The van der Waals surface area contributed by atoms with Gasteiger partial charge in [-0.1, -0.05) is 36.8 Å². The standard InChI is InChI=1S/C18H24N2O2.ClH/c1-19-16(14-18(22-19)15-8-4-2-5-9-15)17(21)10-13-20-11-6-3-7-12-20;/h2,4-5,8-9,14,16H,3,6-7,10-13H2,1H3;1H. The molecule has 2 aliphatic heterocycles. The Kier molecular flexibility index (Phi) is 6.63. The van der Waals surface area contributed by atoms with Gasteiger partial charge in [0.25, 0.3) is 0 Å². The lowest BCUT2D eigenvalue weighted by molar-refractivity contribution is -0.133. The molecular formula is C18H25ClN2O2. The predicted molar refractivity (Wildman–Crippen MR) is 94.2 cm³/mol. The first-order chi connectivity index (χ1) is 10.7. The Morgan fingerprint density at radius 2 is 1.87 bits per heavy atom. The van der Waals surface area contributed by atoms with Crippen molar-refractivity contribution in [1.29, 1.82) is 0 Å². The van der Waals surface area contributed by atoms with E-state index in [0.29, 0.717) is 6.42 Å². The van der Waals surface area contributed by atoms with Crippen molar-refractivity contribution >= 4 is 23.9 Å². The van der Waals surface area contributed by atoms with Crippen molar-refractivity contribution in [1.82, 2.24) is 9.96 Å². The van der Waals surface area contributed by atoms with Gasteiger partial charge in [0.05, 0.1) is 0 Å². The fourth-order valence-electron chi connectivity index (χ4n) is 3.14. The number of benzene rings is 1. The second kappa shape index (κ2) is 8.48. The van der Waals surface area contributed by atoms with Crippen molar-refractivity contribution in [3.63, 3.8) is 0 Å². The van der Waals surface area contributed by atoms with Gasteiger partial charge in [0.2, 0.25) is 0 Å². The van der Waals surface area contributed by atoms with Gasteiger partial charge in [-0.05, 0) is 32.0 Å². The van der Waals surface area contributed by atoms with Gasteiger partial charge in [-0.3, -0.25) is 4.79 Å². The molecule has 5 heteroatoms. The molecule has 126 valence electrons. The number of hydrogen-bond donors (Lipinski definition) is 0. The van der Waals surface area contributed by atoms with Crippen LogP contribution in [0.2, 0.25) is 0 Å². The molecule has 0 radical (unpaired) electrons. The van der Waals surface area contributed by atoms with E-state index in [1.165, 1.54) is 19.3 Å². The summed E-state index contributed by atoms with van der Waals surface area (Å²) in [6.07, 6.45) is 6.38. The molecule has 0 saturated carbocycles. The van der Waals surface area contributed by atoms with Crippen molar-refractivity contribution in [2.45, 2.75) is 31.7 Å². The molecule has 1 saturated heterocycles. The normalized spacial score (nSPS) is 22.1. The van der Waals surface area contributed by atoms with Gasteiger partial charge < -0.3 is 9.74 Å². The van der Waals surface area contributed by atoms with Crippen LogP contribution in [-0.4, -0.2) is 48.5 Å². The quantitative estimate of drug-likeness (QED) is 0.827. The highest BCUT2D eigenvalue weighted by atomic mass is 35.5. The number of rotatable bonds is 5. The molecule has 4 nitrogen and oxygen atoms in total. The summed E-state index contributed by atoms with van der Waals surface area (Å²) in [6.45, 7) is 3.14. The summed E-state index contributed by atoms with van der Waals surface area (Å²) in [5, 5.41) is 1.67. The van der Waals surface area contributed by atoms with Crippen LogP contribution < -0.4 is 0 Å². The minimum absolute atomic E-state index is 0. The SMILES string of the molecule is CN1OC(c2ccccc2)=CC1C(=O)CCN1CCCCC1.Cl. The number of likely N-dealkylation sites (tertiary alicyclic amines) is 1. The molecule has 0 amide bonds. The third-order valence-corrected chi connectivity index (χ3v) is 4.45. The largest absolute Gasteiger partial charge is 0.405 e. The number of carbonyl (C=O) groups is 1. The first-order valence-corrected chi connectivity index (χ1v) is 8.17. The number of hydroxylamine groups is 2. The van der Waals surface area contributed by atoms with Crippen LogP contribution in [0, 0.1) is 0 Å². The number of piperidine rings is 1. The molecule has 1 fully saturated rings. The van der Waals surface area contributed by atoms with Crippen LogP contribution in [0.15, 0.2) is 36.4 Å². The van der Waals surface area contributed by atoms with E-state index in [0.717, 1.165) is 31.0 Å². The molecule has 0 aliphatic carbocycles. The minimum atomic E-state index is -0.264. The van der Waals surface area contributed by atoms with Gasteiger partial charge in [0, 0.05) is 25.6 Å². The summed E-state index contributed by atoms with van der Waals surface area (Å²) in [5.41, 5.74) is 1.01. The number of carbonyl (C=O) groups excluding carboxylic acids is 1. The van der Waals surface area contributed by atoms with E-state index >= 15 is 0 Å². The monoisotopic (exact) mass is 336 g/mol. The summed E-state index contributed by atoms with van der Waals surface area (Å²) in [4.78, 5) is 20.6. The van der Waals surface area contributed by atoms with E-state index < -0.39 is 0 Å². The second-order valence-corrected chi connectivity index (χ2v) is 6.10. The zero-order valence-electron chi connectivity index (χ0n) is 13.6. The molecule has 2 heterocycles. The maximum atomic E-state index is 12.5. The zero-order valence-corrected chi connectivity index (χ0v) is 14.4. The molecule has 1 aromatic carbocycles. The van der Waals surface area contributed by atoms with Crippen LogP contribution >= 0.6 is 12.4 Å². The highest BCUT2D eigenvalue weighted by Crippen LogP contribution is 2.26. The Hall–Kier alpha value is -1.36. The van der Waals surface area contributed by atoms with E-state index in [1.807, 2.05) is 43.5 Å². The maximum absolute atomic E-state index is 12.5. The second-order valence-electron chi connectivity index (χ2n) is 6.10. The van der Waals surface area contributed by atoms with Crippen LogP contribution in [0.25, 0.3) is 5.76 Å². The Morgan fingerprint density at radius 3 is 2.57 bits per heavy atom. The number of nitrogens with zero attached hydrogens (tertiary/aromatic N) is 2. The molecule has 2 aliphatic rings. The lowest BCUT2D eigenvalue weighted by atomic mass is 10.1. The predicted octanol–water partition coefficient (Wildman–Crippen LogP) is 3.14. The maximum Gasteiger partial charge on any atom is 0.158 e. The minimum Gasteiger partial charge on any atom is -0.405 e. The number of likely N-dealkylation sites (N-methyl/N-ethyl adjacent to an activating group) is 1. The third kappa shape index (κ3) is 4.56. The smallest absolute Gasteiger partial charge is 0.158 e. The van der Waals surface area contributed by atoms with E-state index in [1.54, 1.807) is 5.06 Å². The van der Waals surface area contributed by atoms with Crippen molar-refractivity contribution < 1.29 is 9.63 Å². The van der Waals surface area contributed by atoms with Crippen LogP contribution in [0.4, 0.5) is 0 Å². The van der Waals surface area contributed by atoms with E-state index in [2.05, 4.69) is 4.90 Å². The van der Waals surface area contributed by atoms with Crippen molar-refractivity contribution in [3.8, 4) is 0 Å². The fraction of sp³-hybridized carbons (Fsp3) is 0.500. The van der Waals surface area contributed by atoms with Gasteiger partial charge in [-0.25, -0.2) is 0 Å². The zero-order chi connectivity index (χ0) is 15.4. The van der Waals surface area contributed by atoms with Crippen molar-refractivity contribution in [3.05, 3.63) is 42.0 Å². The molecular weight excluding hydrogens is 312 g/mol. The van der Waals surface area contributed by atoms with Crippen molar-refractivity contribution in [2.24, 2.45) is 0 Å². The Morgan fingerprint density at radius 1 is 1.17 bits per heavy atom. The van der Waals surface area contributed by atoms with Crippen molar-refractivity contribution in [2.75, 3.05) is 26.7 Å². The van der Waals surface area contributed by atoms with Gasteiger partial charge >= 0.3 is 0 Å². The molecule has 0 N–H and O–H groups in total. The summed E-state index contributed by atoms with van der Waals surface area (Å²) < 4.78 is 0. The number of Topliss-reactive ketones (excluding diaryl/α,β-unsaturated/α-hetero) is 1. The first-order valence-electron chi connectivity index (χ1n) is 8.17. The Bertz CT molecular complexity index is 541. The molecule has 1 unspecified atom stereocenters. The number of halogens is 1. The molecule has 0 bridgehead atoms. The molecule has 1 atom stereocenters. The van der Waals surface area contributed by atoms with Crippen LogP contribution in [0.1, 0.15) is 31.2 Å². The molecule has 1 aromatic rings. The van der Waals surface area contributed by atoms with E-state index in [4.69, 9.17) is 4.84 Å². The molecule has 23 heavy (non-hydrogen) atoms. The lowest BCUT2D eigenvalue weighted by Crippen LogP contribution is -2.36. The average Bonchev–Trinajstić information content (AvgIpc) is 2.96. The molecule has 0 spiro atoms. The topological polar surface area (TPSA) is 32.8 Å². The van der Waals surface area contributed by atoms with Gasteiger partial charge in [0.15, 0.2) is 11.5 Å². The van der Waals surface area contributed by atoms with Crippen LogP contribution in [0.3, 0.4) is 0 Å². The lowest BCUT2D eigenvalue weighted by Gasteiger charge is -2.26. The molecule has 3 rings (SSSR count). The van der Waals surface area contributed by atoms with E-state index in [9.17, 15) is 4.79 Å². The Labute approximate surface area is 144 Å². The fourth-order valence-corrected chi connectivity index (χ4v) is 3.14. The first kappa shape index (κ1) is 18.0. The van der Waals surface area contributed by atoms with Crippen LogP contribution in [-0.2, 0) is 9.63 Å². The van der Waals surface area contributed by atoms with Crippen LogP contribution in [0.5, 0.6) is 0 Å². The van der Waals surface area contributed by atoms with E-state index in [-0.39, 0.29) is 24.2 Å². The Balaban J connectivity index is 0.00000192. The summed E-state index contributed by atoms with van der Waals surface area (Å²) in [6, 6.07) is 9.67. The number of ketones is 1. The van der Waals surface area contributed by atoms with Gasteiger partial charge in [0.1, 0.15) is 6.04 Å². The summed E-state index contributed by atoms with van der Waals surface area (Å²) in [7, 11) is 1.83. The highest BCUT2D eigenvalue weighted by molar-refractivity contribution is 5.88. The average molecular weight is 337 g/mol. The summed E-state index contributed by atoms with van der Waals surface area (Å²) in [5.74, 6) is 1.01. The third-order valence-electron chi connectivity index (χ3n) is 4.45. The van der Waals surface area contributed by atoms with Gasteiger partial charge in [-0.2, -0.15) is 0 Å². The summed E-state index contributed by atoms with van der Waals surface area (Å²) >= 11 is 0. The number of hydrogen-bond acceptors (Lipinski definition) is 4. The highest BCUT2D eigenvalue weighted by Gasteiger charge is 2.30.